The molecule has 2 aromatic rings. The van der Waals surface area contributed by atoms with Crippen molar-refractivity contribution in [3.8, 4) is 11.1 Å². The van der Waals surface area contributed by atoms with E-state index in [0.717, 1.165) is 66.7 Å². The second-order valence-corrected chi connectivity index (χ2v) is 7.84. The molecule has 2 aromatic carbocycles. The smallest absolute Gasteiger partial charge is 0.412 e. The van der Waals surface area contributed by atoms with Crippen molar-refractivity contribution < 1.29 is 14.0 Å². The van der Waals surface area contributed by atoms with Crippen LogP contribution >= 0.6 is 0 Å². The average molecular weight is 363 g/mol. The van der Waals surface area contributed by atoms with Crippen LogP contribution in [-0.4, -0.2) is 42.4 Å². The van der Waals surface area contributed by atoms with Crippen molar-refractivity contribution in [3.05, 3.63) is 67.3 Å². The number of benzene rings is 2. The largest absolute Gasteiger partial charge is 0.442 e. The summed E-state index contributed by atoms with van der Waals surface area (Å²) in [6.07, 6.45) is 4.49. The Morgan fingerprint density at radius 3 is 2.33 bits per heavy atom. The molecule has 0 aliphatic carbocycles. The summed E-state index contributed by atoms with van der Waals surface area (Å²) in [7, 11) is 0. The lowest BCUT2D eigenvalue weighted by Crippen LogP contribution is -2.65. The zero-order valence-corrected chi connectivity index (χ0v) is 15.7. The lowest BCUT2D eigenvalue weighted by Gasteiger charge is -2.53. The molecule has 0 aromatic heterocycles. The van der Waals surface area contributed by atoms with Crippen molar-refractivity contribution in [3.63, 3.8) is 0 Å². The summed E-state index contributed by atoms with van der Waals surface area (Å²) >= 11 is 0. The maximum atomic E-state index is 12.7. The van der Waals surface area contributed by atoms with Crippen molar-refractivity contribution in [2.45, 2.75) is 24.9 Å². The van der Waals surface area contributed by atoms with Crippen molar-refractivity contribution in [2.24, 2.45) is 0 Å². The van der Waals surface area contributed by atoms with Gasteiger partial charge in [-0.15, -0.1) is 0 Å². The van der Waals surface area contributed by atoms with Gasteiger partial charge in [-0.25, -0.2) is 4.79 Å². The summed E-state index contributed by atoms with van der Waals surface area (Å²) in [6.45, 7) is 8.13. The summed E-state index contributed by atoms with van der Waals surface area (Å²) in [6, 6.07) is 17.9. The number of piperidine rings is 3. The van der Waals surface area contributed by atoms with Gasteiger partial charge in [0.25, 0.3) is 0 Å². The molecule has 1 amide bonds. The van der Waals surface area contributed by atoms with Gasteiger partial charge in [0.15, 0.2) is 0 Å². The lowest BCUT2D eigenvalue weighted by atomic mass is 9.81. The standard InChI is InChI=1S/C23H26N2O2/c1-2-15-25-16-12-23(13-17-25,14-18-25)27-22(26)24-21-11-7-6-10-20(21)19-8-4-3-5-9-19/h2-11H,1,12-18H2/p+1. The Morgan fingerprint density at radius 1 is 1.04 bits per heavy atom. The Bertz CT molecular complexity index is 807. The fourth-order valence-corrected chi connectivity index (χ4v) is 4.53. The molecule has 0 atom stereocenters. The van der Waals surface area contributed by atoms with E-state index in [9.17, 15) is 4.79 Å². The number of carbonyl (C=O) groups excluding carboxylic acids is 1. The molecule has 0 unspecified atom stereocenters. The second-order valence-electron chi connectivity index (χ2n) is 7.84. The van der Waals surface area contributed by atoms with Gasteiger partial charge in [-0.2, -0.15) is 0 Å². The molecule has 0 saturated carbocycles. The van der Waals surface area contributed by atoms with E-state index in [1.807, 2.05) is 60.7 Å². The van der Waals surface area contributed by atoms with Crippen LogP contribution in [0.4, 0.5) is 10.5 Å². The molecule has 3 saturated heterocycles. The molecule has 3 heterocycles. The number of nitrogens with zero attached hydrogens (tertiary/aromatic N) is 1. The predicted octanol–water partition coefficient (Wildman–Crippen LogP) is 4.84. The Kier molecular flexibility index (Phi) is 4.75. The van der Waals surface area contributed by atoms with Crippen LogP contribution in [0.1, 0.15) is 19.3 Å². The monoisotopic (exact) mass is 363 g/mol. The van der Waals surface area contributed by atoms with Crippen molar-refractivity contribution in [1.82, 2.24) is 0 Å². The predicted molar refractivity (Wildman–Crippen MR) is 108 cm³/mol. The number of fused-ring (bicyclic) bond motifs is 3. The zero-order chi connectivity index (χ0) is 18.7. The van der Waals surface area contributed by atoms with Gasteiger partial charge in [0.05, 0.1) is 31.9 Å². The van der Waals surface area contributed by atoms with E-state index in [2.05, 4.69) is 11.9 Å². The van der Waals surface area contributed by atoms with Gasteiger partial charge in [0.1, 0.15) is 5.60 Å². The maximum Gasteiger partial charge on any atom is 0.412 e. The highest BCUT2D eigenvalue weighted by molar-refractivity contribution is 5.91. The minimum atomic E-state index is -0.344. The fraction of sp³-hybridized carbons (Fsp3) is 0.348. The Labute approximate surface area is 161 Å². The molecule has 3 fully saturated rings. The normalized spacial score (nSPS) is 26.4. The van der Waals surface area contributed by atoms with E-state index in [-0.39, 0.29) is 11.7 Å². The van der Waals surface area contributed by atoms with Crippen LogP contribution in [0.2, 0.25) is 0 Å². The van der Waals surface area contributed by atoms with Crippen LogP contribution in [0.5, 0.6) is 0 Å². The first-order valence-corrected chi connectivity index (χ1v) is 9.74. The molecule has 27 heavy (non-hydrogen) atoms. The highest BCUT2D eigenvalue weighted by Crippen LogP contribution is 2.40. The average Bonchev–Trinajstić information content (AvgIpc) is 2.70. The van der Waals surface area contributed by atoms with Crippen LogP contribution in [0.15, 0.2) is 67.3 Å². The number of rotatable bonds is 5. The maximum absolute atomic E-state index is 12.7. The Balaban J connectivity index is 1.45. The molecule has 0 radical (unpaired) electrons. The topological polar surface area (TPSA) is 38.3 Å². The van der Waals surface area contributed by atoms with Crippen molar-refractivity contribution in [2.75, 3.05) is 31.5 Å². The van der Waals surface area contributed by atoms with Gasteiger partial charge in [0.2, 0.25) is 0 Å². The summed E-state index contributed by atoms with van der Waals surface area (Å²) in [5, 5.41) is 2.98. The highest BCUT2D eigenvalue weighted by Gasteiger charge is 2.51. The van der Waals surface area contributed by atoms with Crippen LogP contribution in [0.3, 0.4) is 0 Å². The number of anilines is 1. The highest BCUT2D eigenvalue weighted by atomic mass is 16.6. The SMILES string of the molecule is C=CC[N+]12CCC(OC(=O)Nc3ccccc3-c3ccccc3)(CC1)CC2. The van der Waals surface area contributed by atoms with Crippen LogP contribution < -0.4 is 5.32 Å². The molecule has 4 heteroatoms. The summed E-state index contributed by atoms with van der Waals surface area (Å²) in [4.78, 5) is 12.7. The lowest BCUT2D eigenvalue weighted by molar-refractivity contribution is -0.939. The number of para-hydroxylation sites is 1. The van der Waals surface area contributed by atoms with Crippen molar-refractivity contribution >= 4 is 11.8 Å². The molecule has 3 aliphatic rings. The second kappa shape index (κ2) is 7.20. The number of hydrogen-bond donors (Lipinski definition) is 1. The number of ether oxygens (including phenoxy) is 1. The van der Waals surface area contributed by atoms with Crippen LogP contribution in [0, 0.1) is 0 Å². The summed E-state index contributed by atoms with van der Waals surface area (Å²) < 4.78 is 7.10. The van der Waals surface area contributed by atoms with E-state index in [4.69, 9.17) is 4.74 Å². The van der Waals surface area contributed by atoms with E-state index >= 15 is 0 Å². The molecule has 140 valence electrons. The Morgan fingerprint density at radius 2 is 1.67 bits per heavy atom. The molecule has 3 aliphatic heterocycles. The Hall–Kier alpha value is -2.59. The van der Waals surface area contributed by atoms with E-state index in [0.29, 0.717) is 0 Å². The van der Waals surface area contributed by atoms with Gasteiger partial charge in [-0.1, -0.05) is 55.1 Å². The van der Waals surface area contributed by atoms with Gasteiger partial charge in [-0.3, -0.25) is 5.32 Å². The molecular formula is C23H27N2O2+. The molecular weight excluding hydrogens is 336 g/mol. The van der Waals surface area contributed by atoms with Gasteiger partial charge < -0.3 is 9.22 Å². The van der Waals surface area contributed by atoms with Gasteiger partial charge >= 0.3 is 6.09 Å². The van der Waals surface area contributed by atoms with E-state index < -0.39 is 0 Å². The minimum absolute atomic E-state index is 0.299. The number of hydrogen-bond acceptors (Lipinski definition) is 2. The third-order valence-electron chi connectivity index (χ3n) is 6.20. The van der Waals surface area contributed by atoms with Gasteiger partial charge in [-0.05, 0) is 17.7 Å². The first-order valence-electron chi connectivity index (χ1n) is 9.74. The third-order valence-corrected chi connectivity index (χ3v) is 6.20. The van der Waals surface area contributed by atoms with Crippen LogP contribution in [0.25, 0.3) is 11.1 Å². The molecule has 5 rings (SSSR count). The zero-order valence-electron chi connectivity index (χ0n) is 15.7. The van der Waals surface area contributed by atoms with Crippen molar-refractivity contribution in [1.29, 1.82) is 0 Å². The third kappa shape index (κ3) is 3.62. The fourth-order valence-electron chi connectivity index (χ4n) is 4.53. The first-order chi connectivity index (χ1) is 13.1. The number of nitrogens with one attached hydrogen (secondary N) is 1. The van der Waals surface area contributed by atoms with Crippen LogP contribution in [-0.2, 0) is 4.74 Å². The minimum Gasteiger partial charge on any atom is -0.442 e. The van der Waals surface area contributed by atoms with E-state index in [1.165, 1.54) is 0 Å². The first kappa shape index (κ1) is 17.8. The molecule has 0 spiro atoms. The quantitative estimate of drug-likeness (QED) is 0.610. The van der Waals surface area contributed by atoms with Gasteiger partial charge in [0, 0.05) is 24.8 Å². The molecule has 4 nitrogen and oxygen atoms in total. The number of amides is 1. The molecule has 1 N–H and O–H groups in total. The molecule has 2 bridgehead atoms. The number of quaternary nitrogens is 1. The number of carbonyl (C=O) groups is 1. The summed E-state index contributed by atoms with van der Waals surface area (Å²) in [5.41, 5.74) is 2.57. The van der Waals surface area contributed by atoms with E-state index in [1.54, 1.807) is 0 Å². The summed E-state index contributed by atoms with van der Waals surface area (Å²) in [5.74, 6) is 0.